The van der Waals surface area contributed by atoms with Crippen molar-refractivity contribution in [1.29, 1.82) is 0 Å². The van der Waals surface area contributed by atoms with E-state index < -0.39 is 5.91 Å². The predicted molar refractivity (Wildman–Crippen MR) is 81.6 cm³/mol. The van der Waals surface area contributed by atoms with Crippen LogP contribution < -0.4 is 16.2 Å². The number of aromatic nitrogens is 1. The van der Waals surface area contributed by atoms with Gasteiger partial charge in [-0.05, 0) is 6.07 Å². The first-order valence-corrected chi connectivity index (χ1v) is 7.60. The van der Waals surface area contributed by atoms with Gasteiger partial charge in [-0.2, -0.15) is 0 Å². The first-order valence-electron chi connectivity index (χ1n) is 6.79. The van der Waals surface area contributed by atoms with Crippen LogP contribution in [0.2, 0.25) is 0 Å². The second-order valence-electron chi connectivity index (χ2n) is 5.20. The lowest BCUT2D eigenvalue weighted by Crippen LogP contribution is -2.34. The van der Waals surface area contributed by atoms with Gasteiger partial charge in [0.1, 0.15) is 21.6 Å². The molecule has 3 heterocycles. The highest BCUT2D eigenvalue weighted by Crippen LogP contribution is 2.39. The molecule has 6 nitrogen and oxygen atoms in total. The summed E-state index contributed by atoms with van der Waals surface area (Å²) >= 11 is 1.19. The molecule has 0 radical (unpaired) electrons. The van der Waals surface area contributed by atoms with Crippen LogP contribution in [0.1, 0.15) is 23.0 Å². The smallest absolute Gasteiger partial charge is 0.260 e. The number of amides is 1. The first-order chi connectivity index (χ1) is 10.1. The number of nitrogens with two attached hydrogens (primary N) is 2. The van der Waals surface area contributed by atoms with Crippen LogP contribution >= 0.6 is 11.3 Å². The van der Waals surface area contributed by atoms with Crippen LogP contribution in [-0.4, -0.2) is 30.2 Å². The van der Waals surface area contributed by atoms with Crippen LogP contribution in [0, 0.1) is 5.92 Å². The molecule has 0 saturated carbocycles. The topological polar surface area (TPSA) is 100 Å². The number of fused-ring (bicyclic) bond motifs is 1. The third-order valence-corrected chi connectivity index (χ3v) is 4.78. The van der Waals surface area contributed by atoms with Crippen molar-refractivity contribution < 1.29 is 14.3 Å². The van der Waals surface area contributed by atoms with Gasteiger partial charge in [0.2, 0.25) is 0 Å². The molecule has 1 fully saturated rings. The predicted octanol–water partition coefficient (Wildman–Crippen LogP) is 1.78. The molecule has 0 aromatic carbocycles. The number of thiophene rings is 1. The summed E-state index contributed by atoms with van der Waals surface area (Å²) in [6.07, 6.45) is 2.56. The second-order valence-corrected chi connectivity index (χ2v) is 6.19. The number of hydrogen-bond donors (Lipinski definition) is 2. The van der Waals surface area contributed by atoms with Gasteiger partial charge < -0.3 is 20.9 Å². The fourth-order valence-electron chi connectivity index (χ4n) is 2.50. The standard InChI is InChI=1S/C14H17N3O3S/c1-7-6-19-5-3-8(7)20-9-2-4-17-14-10(9)11(15)12(21-14)13(16)18/h2,4,7-8H,3,5-6,15H2,1H3,(H2,16,18)/t7-,8-/m0/s1. The maximum Gasteiger partial charge on any atom is 0.260 e. The molecular weight excluding hydrogens is 290 g/mol. The lowest BCUT2D eigenvalue weighted by atomic mass is 10.0. The van der Waals surface area contributed by atoms with Gasteiger partial charge in [-0.25, -0.2) is 4.98 Å². The van der Waals surface area contributed by atoms with E-state index in [4.69, 9.17) is 20.9 Å². The Morgan fingerprint density at radius 1 is 1.57 bits per heavy atom. The monoisotopic (exact) mass is 307 g/mol. The summed E-state index contributed by atoms with van der Waals surface area (Å²) in [6, 6.07) is 1.78. The van der Waals surface area contributed by atoms with Gasteiger partial charge in [0.05, 0.1) is 24.3 Å². The van der Waals surface area contributed by atoms with Gasteiger partial charge in [0.15, 0.2) is 0 Å². The number of hydrogen-bond acceptors (Lipinski definition) is 6. The number of rotatable bonds is 3. The van der Waals surface area contributed by atoms with E-state index in [1.54, 1.807) is 12.3 Å². The van der Waals surface area contributed by atoms with Gasteiger partial charge in [-0.3, -0.25) is 4.79 Å². The number of pyridine rings is 1. The molecule has 2 atom stereocenters. The highest BCUT2D eigenvalue weighted by Gasteiger charge is 2.26. The van der Waals surface area contributed by atoms with E-state index in [9.17, 15) is 4.79 Å². The first kappa shape index (κ1) is 14.1. The molecule has 1 aliphatic heterocycles. The highest BCUT2D eigenvalue weighted by molar-refractivity contribution is 7.21. The average Bonchev–Trinajstić information content (AvgIpc) is 2.80. The number of ether oxygens (including phenoxy) is 2. The van der Waals surface area contributed by atoms with Crippen molar-refractivity contribution >= 4 is 33.1 Å². The van der Waals surface area contributed by atoms with Crippen molar-refractivity contribution in [1.82, 2.24) is 4.98 Å². The van der Waals surface area contributed by atoms with Gasteiger partial charge in [0, 0.05) is 18.5 Å². The maximum atomic E-state index is 11.4. The summed E-state index contributed by atoms with van der Waals surface area (Å²) in [6.45, 7) is 3.47. The number of nitrogen functional groups attached to an aromatic ring is 1. The summed E-state index contributed by atoms with van der Waals surface area (Å²) in [7, 11) is 0. The van der Waals surface area contributed by atoms with E-state index in [1.807, 2.05) is 0 Å². The van der Waals surface area contributed by atoms with Crippen molar-refractivity contribution in [3.05, 3.63) is 17.1 Å². The van der Waals surface area contributed by atoms with Crippen molar-refractivity contribution in [2.45, 2.75) is 19.4 Å². The van der Waals surface area contributed by atoms with Crippen LogP contribution in [0.15, 0.2) is 12.3 Å². The molecule has 0 aliphatic carbocycles. The molecule has 1 amide bonds. The molecule has 1 saturated heterocycles. The van der Waals surface area contributed by atoms with Crippen LogP contribution in [0.5, 0.6) is 5.75 Å². The number of nitrogens with zero attached hydrogens (tertiary/aromatic N) is 1. The Bertz CT molecular complexity index is 685. The molecule has 0 spiro atoms. The highest BCUT2D eigenvalue weighted by atomic mass is 32.1. The summed E-state index contributed by atoms with van der Waals surface area (Å²) < 4.78 is 11.5. The van der Waals surface area contributed by atoms with E-state index in [-0.39, 0.29) is 6.10 Å². The minimum absolute atomic E-state index is 0.0701. The van der Waals surface area contributed by atoms with E-state index in [2.05, 4.69) is 11.9 Å². The zero-order chi connectivity index (χ0) is 15.0. The molecular formula is C14H17N3O3S. The molecule has 0 bridgehead atoms. The van der Waals surface area contributed by atoms with E-state index >= 15 is 0 Å². The van der Waals surface area contributed by atoms with Crippen LogP contribution in [-0.2, 0) is 4.74 Å². The zero-order valence-electron chi connectivity index (χ0n) is 11.7. The van der Waals surface area contributed by atoms with Gasteiger partial charge in [-0.1, -0.05) is 6.92 Å². The van der Waals surface area contributed by atoms with Crippen LogP contribution in [0.4, 0.5) is 5.69 Å². The molecule has 112 valence electrons. The Morgan fingerprint density at radius 3 is 3.10 bits per heavy atom. The molecule has 0 unspecified atom stereocenters. The largest absolute Gasteiger partial charge is 0.489 e. The van der Waals surface area contributed by atoms with Crippen LogP contribution in [0.25, 0.3) is 10.2 Å². The number of anilines is 1. The Balaban J connectivity index is 2.00. The summed E-state index contributed by atoms with van der Waals surface area (Å²) in [4.78, 5) is 16.6. The molecule has 1 aliphatic rings. The molecule has 2 aromatic rings. The van der Waals surface area contributed by atoms with Crippen molar-refractivity contribution in [3.63, 3.8) is 0 Å². The van der Waals surface area contributed by atoms with E-state index in [1.165, 1.54) is 11.3 Å². The van der Waals surface area contributed by atoms with Crippen molar-refractivity contribution in [2.75, 3.05) is 18.9 Å². The Morgan fingerprint density at radius 2 is 2.38 bits per heavy atom. The number of carbonyl (C=O) groups is 1. The van der Waals surface area contributed by atoms with Gasteiger partial charge in [-0.15, -0.1) is 11.3 Å². The molecule has 4 N–H and O–H groups in total. The lowest BCUT2D eigenvalue weighted by Gasteiger charge is -2.29. The Labute approximate surface area is 126 Å². The SMILES string of the molecule is C[C@H]1COCC[C@@H]1Oc1ccnc2sc(C(N)=O)c(N)c12. The summed E-state index contributed by atoms with van der Waals surface area (Å²) in [5, 5.41) is 0.676. The minimum Gasteiger partial charge on any atom is -0.489 e. The average molecular weight is 307 g/mol. The normalized spacial score (nSPS) is 22.3. The van der Waals surface area contributed by atoms with Crippen LogP contribution in [0.3, 0.4) is 0 Å². The molecule has 21 heavy (non-hydrogen) atoms. The summed E-state index contributed by atoms with van der Waals surface area (Å²) in [5.74, 6) is 0.415. The zero-order valence-corrected chi connectivity index (χ0v) is 12.5. The minimum atomic E-state index is -0.541. The third kappa shape index (κ3) is 2.54. The summed E-state index contributed by atoms with van der Waals surface area (Å²) in [5.41, 5.74) is 11.7. The molecule has 3 rings (SSSR count). The van der Waals surface area contributed by atoms with Gasteiger partial charge in [0.25, 0.3) is 5.91 Å². The second kappa shape index (κ2) is 5.50. The Hall–Kier alpha value is -1.86. The number of primary amides is 1. The lowest BCUT2D eigenvalue weighted by molar-refractivity contribution is -0.0158. The third-order valence-electron chi connectivity index (χ3n) is 3.65. The fraction of sp³-hybridized carbons (Fsp3) is 0.429. The van der Waals surface area contributed by atoms with E-state index in [0.29, 0.717) is 45.7 Å². The van der Waals surface area contributed by atoms with Crippen molar-refractivity contribution in [3.8, 4) is 5.75 Å². The van der Waals surface area contributed by atoms with E-state index in [0.717, 1.165) is 6.42 Å². The Kier molecular flexibility index (Phi) is 3.69. The van der Waals surface area contributed by atoms with Gasteiger partial charge >= 0.3 is 0 Å². The quantitative estimate of drug-likeness (QED) is 0.900. The molecule has 2 aromatic heterocycles. The van der Waals surface area contributed by atoms with Crippen molar-refractivity contribution in [2.24, 2.45) is 11.7 Å². The fourth-order valence-corrected chi connectivity index (χ4v) is 3.43. The molecule has 7 heteroatoms. The number of carbonyl (C=O) groups excluding carboxylic acids is 1. The maximum absolute atomic E-state index is 11.4.